The summed E-state index contributed by atoms with van der Waals surface area (Å²) in [5.41, 5.74) is 0.982. The van der Waals surface area contributed by atoms with Crippen molar-refractivity contribution in [3.05, 3.63) is 41.2 Å². The SMILES string of the molecule is CC(CO)NC(=O)c1nnn(-c2ccc(C(=O)NCC(F)(F)F)cc2)c1CCCCCF. The highest BCUT2D eigenvalue weighted by Crippen LogP contribution is 2.18. The van der Waals surface area contributed by atoms with Crippen molar-refractivity contribution in [2.75, 3.05) is 19.8 Å². The molecule has 0 saturated heterocycles. The zero-order valence-corrected chi connectivity index (χ0v) is 17.5. The number of benzene rings is 1. The van der Waals surface area contributed by atoms with Crippen molar-refractivity contribution in [1.29, 1.82) is 0 Å². The molecule has 12 heteroatoms. The van der Waals surface area contributed by atoms with E-state index in [1.807, 2.05) is 0 Å². The van der Waals surface area contributed by atoms with E-state index in [1.54, 1.807) is 12.2 Å². The number of nitrogens with zero attached hydrogens (tertiary/aromatic N) is 3. The van der Waals surface area contributed by atoms with E-state index >= 15 is 0 Å². The maximum Gasteiger partial charge on any atom is 0.405 e. The van der Waals surface area contributed by atoms with Crippen LogP contribution in [0.5, 0.6) is 0 Å². The molecular formula is C20H25F4N5O3. The Morgan fingerprint density at radius 3 is 2.41 bits per heavy atom. The molecule has 2 aromatic rings. The van der Waals surface area contributed by atoms with Crippen LogP contribution in [0.15, 0.2) is 24.3 Å². The van der Waals surface area contributed by atoms with E-state index in [9.17, 15) is 27.2 Å². The lowest BCUT2D eigenvalue weighted by atomic mass is 10.1. The Morgan fingerprint density at radius 2 is 1.81 bits per heavy atom. The van der Waals surface area contributed by atoms with E-state index < -0.39 is 37.3 Å². The van der Waals surface area contributed by atoms with Crippen LogP contribution >= 0.6 is 0 Å². The lowest BCUT2D eigenvalue weighted by Crippen LogP contribution is -2.35. The van der Waals surface area contributed by atoms with Gasteiger partial charge in [0.05, 0.1) is 24.7 Å². The first-order valence-corrected chi connectivity index (χ1v) is 10.0. The van der Waals surface area contributed by atoms with E-state index in [-0.39, 0.29) is 17.9 Å². The zero-order valence-electron chi connectivity index (χ0n) is 17.5. The first-order chi connectivity index (χ1) is 15.2. The van der Waals surface area contributed by atoms with Crippen molar-refractivity contribution in [2.24, 2.45) is 0 Å². The lowest BCUT2D eigenvalue weighted by Gasteiger charge is -2.12. The Bertz CT molecular complexity index is 900. The molecule has 0 bridgehead atoms. The highest BCUT2D eigenvalue weighted by atomic mass is 19.4. The first kappa shape index (κ1) is 25.2. The van der Waals surface area contributed by atoms with Gasteiger partial charge in [-0.2, -0.15) is 13.2 Å². The summed E-state index contributed by atoms with van der Waals surface area (Å²) in [6, 6.07) is 5.12. The molecule has 0 spiro atoms. The summed E-state index contributed by atoms with van der Waals surface area (Å²) in [6.07, 6.45) is -2.60. The molecule has 32 heavy (non-hydrogen) atoms. The Kier molecular flexibility index (Phi) is 9.12. The number of alkyl halides is 4. The summed E-state index contributed by atoms with van der Waals surface area (Å²) in [7, 11) is 0. The van der Waals surface area contributed by atoms with Crippen molar-refractivity contribution in [2.45, 2.75) is 44.8 Å². The highest BCUT2D eigenvalue weighted by Gasteiger charge is 2.28. The van der Waals surface area contributed by atoms with Crippen molar-refractivity contribution in [3.8, 4) is 5.69 Å². The fourth-order valence-corrected chi connectivity index (χ4v) is 2.85. The molecule has 176 valence electrons. The summed E-state index contributed by atoms with van der Waals surface area (Å²) >= 11 is 0. The van der Waals surface area contributed by atoms with Crippen LogP contribution in [0.3, 0.4) is 0 Å². The average Bonchev–Trinajstić information content (AvgIpc) is 3.18. The second-order valence-electron chi connectivity index (χ2n) is 7.20. The summed E-state index contributed by atoms with van der Waals surface area (Å²) in [6.45, 7) is -0.531. The van der Waals surface area contributed by atoms with Gasteiger partial charge in [-0.25, -0.2) is 4.68 Å². The molecule has 0 fully saturated rings. The number of carbonyl (C=O) groups excluding carboxylic acids is 2. The van der Waals surface area contributed by atoms with Gasteiger partial charge in [-0.3, -0.25) is 14.0 Å². The maximum absolute atomic E-state index is 12.5. The number of hydrogen-bond donors (Lipinski definition) is 3. The van der Waals surface area contributed by atoms with E-state index in [0.29, 0.717) is 37.1 Å². The molecule has 8 nitrogen and oxygen atoms in total. The van der Waals surface area contributed by atoms with Gasteiger partial charge in [0, 0.05) is 11.6 Å². The fourth-order valence-electron chi connectivity index (χ4n) is 2.85. The second-order valence-corrected chi connectivity index (χ2v) is 7.20. The van der Waals surface area contributed by atoms with Crippen LogP contribution in [0.4, 0.5) is 17.6 Å². The normalized spacial score (nSPS) is 12.4. The Labute approximate surface area is 182 Å². The molecule has 1 atom stereocenters. The zero-order chi connectivity index (χ0) is 23.7. The number of nitrogens with one attached hydrogen (secondary N) is 2. The number of aliphatic hydroxyl groups excluding tert-OH is 1. The number of carbonyl (C=O) groups is 2. The third-order valence-corrected chi connectivity index (χ3v) is 4.50. The van der Waals surface area contributed by atoms with Crippen LogP contribution < -0.4 is 10.6 Å². The van der Waals surface area contributed by atoms with Crippen LogP contribution in [0, 0.1) is 0 Å². The summed E-state index contributed by atoms with van der Waals surface area (Å²) < 4.78 is 50.6. The quantitative estimate of drug-likeness (QED) is 0.353. The Hall–Kier alpha value is -3.02. The molecule has 2 rings (SSSR count). The van der Waals surface area contributed by atoms with Gasteiger partial charge in [0.1, 0.15) is 6.54 Å². The molecule has 1 unspecified atom stereocenters. The molecule has 0 saturated carbocycles. The molecule has 1 aromatic heterocycles. The standard InChI is InChI=1S/C20H25F4N5O3/c1-13(11-30)26-19(32)17-16(5-3-2-4-10-21)29(28-27-17)15-8-6-14(7-9-15)18(31)25-12-20(22,23)24/h6-9,13,30H,2-5,10-12H2,1H3,(H,25,31)(H,26,32). The number of unbranched alkanes of at least 4 members (excludes halogenated alkanes) is 2. The van der Waals surface area contributed by atoms with E-state index in [4.69, 9.17) is 5.11 Å². The van der Waals surface area contributed by atoms with Crippen LogP contribution in [-0.4, -0.2) is 64.0 Å². The topological polar surface area (TPSA) is 109 Å². The van der Waals surface area contributed by atoms with Gasteiger partial charge in [0.2, 0.25) is 0 Å². The van der Waals surface area contributed by atoms with E-state index in [2.05, 4.69) is 15.6 Å². The largest absolute Gasteiger partial charge is 0.405 e. The van der Waals surface area contributed by atoms with Gasteiger partial charge in [0.25, 0.3) is 11.8 Å². The molecule has 0 aliphatic carbocycles. The van der Waals surface area contributed by atoms with Crippen LogP contribution in [0.1, 0.15) is 52.7 Å². The lowest BCUT2D eigenvalue weighted by molar-refractivity contribution is -0.123. The van der Waals surface area contributed by atoms with Crippen LogP contribution in [0.2, 0.25) is 0 Å². The number of hydrogen-bond acceptors (Lipinski definition) is 5. The highest BCUT2D eigenvalue weighted by molar-refractivity contribution is 5.94. The van der Waals surface area contributed by atoms with Gasteiger partial charge < -0.3 is 15.7 Å². The summed E-state index contributed by atoms with van der Waals surface area (Å²) in [5, 5.41) is 21.5. The molecular weight excluding hydrogens is 434 g/mol. The summed E-state index contributed by atoms with van der Waals surface area (Å²) in [4.78, 5) is 24.4. The van der Waals surface area contributed by atoms with Crippen LogP contribution in [-0.2, 0) is 6.42 Å². The first-order valence-electron chi connectivity index (χ1n) is 10.0. The number of halogens is 4. The average molecular weight is 459 g/mol. The molecule has 1 aromatic carbocycles. The van der Waals surface area contributed by atoms with Crippen molar-refractivity contribution >= 4 is 11.8 Å². The Balaban J connectivity index is 2.24. The predicted molar refractivity (Wildman–Crippen MR) is 107 cm³/mol. The van der Waals surface area contributed by atoms with Gasteiger partial charge in [-0.15, -0.1) is 5.10 Å². The van der Waals surface area contributed by atoms with Gasteiger partial charge >= 0.3 is 6.18 Å². The van der Waals surface area contributed by atoms with Crippen LogP contribution in [0.25, 0.3) is 5.69 Å². The van der Waals surface area contributed by atoms with Gasteiger partial charge in [-0.1, -0.05) is 11.6 Å². The number of rotatable bonds is 11. The number of aromatic nitrogens is 3. The van der Waals surface area contributed by atoms with Crippen molar-refractivity contribution < 1.29 is 32.3 Å². The molecule has 1 heterocycles. The van der Waals surface area contributed by atoms with Crippen molar-refractivity contribution in [1.82, 2.24) is 25.6 Å². The minimum Gasteiger partial charge on any atom is -0.394 e. The molecule has 0 aliphatic rings. The monoisotopic (exact) mass is 459 g/mol. The minimum atomic E-state index is -4.52. The van der Waals surface area contributed by atoms with E-state index in [0.717, 1.165) is 0 Å². The van der Waals surface area contributed by atoms with Gasteiger partial charge in [0.15, 0.2) is 5.69 Å². The summed E-state index contributed by atoms with van der Waals surface area (Å²) in [5.74, 6) is -1.40. The fraction of sp³-hybridized carbons (Fsp3) is 0.500. The minimum absolute atomic E-state index is 0.0253. The number of aliphatic hydroxyl groups is 1. The third kappa shape index (κ3) is 7.29. The molecule has 0 aliphatic heterocycles. The maximum atomic E-state index is 12.5. The third-order valence-electron chi connectivity index (χ3n) is 4.50. The Morgan fingerprint density at radius 1 is 1.12 bits per heavy atom. The van der Waals surface area contributed by atoms with E-state index in [1.165, 1.54) is 28.9 Å². The van der Waals surface area contributed by atoms with Crippen molar-refractivity contribution in [3.63, 3.8) is 0 Å². The smallest absolute Gasteiger partial charge is 0.394 e. The number of amides is 2. The molecule has 3 N–H and O–H groups in total. The van der Waals surface area contributed by atoms with Gasteiger partial charge in [-0.05, 0) is 50.5 Å². The molecule has 0 radical (unpaired) electrons. The second kappa shape index (κ2) is 11.6. The predicted octanol–water partition coefficient (Wildman–Crippen LogP) is 2.35. The molecule has 2 amide bonds.